The van der Waals surface area contributed by atoms with Gasteiger partial charge in [0.05, 0.1) is 5.54 Å². The van der Waals surface area contributed by atoms with E-state index in [1.165, 1.54) is 6.07 Å². The van der Waals surface area contributed by atoms with Crippen molar-refractivity contribution < 1.29 is 13.5 Å². The number of hydrogen-bond acceptors (Lipinski definition) is 3. The van der Waals surface area contributed by atoms with Gasteiger partial charge >= 0.3 is 0 Å². The molecule has 16 heavy (non-hydrogen) atoms. The third-order valence-electron chi connectivity index (χ3n) is 2.55. The number of halogens is 2. The van der Waals surface area contributed by atoms with Crippen molar-refractivity contribution in [2.45, 2.75) is 18.4 Å². The first-order valence-corrected chi connectivity index (χ1v) is 4.85. The number of nitrogens with zero attached hydrogens (tertiary/aromatic N) is 1. The van der Waals surface area contributed by atoms with Gasteiger partial charge in [-0.15, -0.1) is 0 Å². The first kappa shape index (κ1) is 10.8. The van der Waals surface area contributed by atoms with Gasteiger partial charge in [0, 0.05) is 12.1 Å². The molecular weight excluding hydrogens is 214 g/mol. The second-order valence-electron chi connectivity index (χ2n) is 4.02. The molecule has 84 valence electrons. The van der Waals surface area contributed by atoms with Crippen LogP contribution in [0.4, 0.5) is 8.78 Å². The van der Waals surface area contributed by atoms with Crippen molar-refractivity contribution in [1.82, 2.24) is 0 Å². The topological polar surface area (TPSA) is 59.0 Å². The van der Waals surface area contributed by atoms with Gasteiger partial charge in [0.25, 0.3) is 0 Å². The van der Waals surface area contributed by atoms with Crippen LogP contribution in [-0.2, 0) is 0 Å². The molecule has 1 aromatic rings. The zero-order valence-corrected chi connectivity index (χ0v) is 8.46. The van der Waals surface area contributed by atoms with Crippen LogP contribution < -0.4 is 10.5 Å². The summed E-state index contributed by atoms with van der Waals surface area (Å²) in [5.41, 5.74) is 4.82. The number of hydrogen-bond donors (Lipinski definition) is 1. The summed E-state index contributed by atoms with van der Waals surface area (Å²) in [6.07, 6.45) is 1.71. The highest BCUT2D eigenvalue weighted by Crippen LogP contribution is 2.33. The highest BCUT2D eigenvalue weighted by Gasteiger charge is 2.39. The van der Waals surface area contributed by atoms with Crippen molar-refractivity contribution in [3.8, 4) is 11.8 Å². The second kappa shape index (κ2) is 3.72. The lowest BCUT2D eigenvalue weighted by molar-refractivity contribution is 0.277. The molecule has 1 aromatic carbocycles. The molecule has 0 unspecified atom stereocenters. The molecule has 0 amide bonds. The molecule has 0 aromatic heterocycles. The van der Waals surface area contributed by atoms with Crippen molar-refractivity contribution in [3.63, 3.8) is 0 Å². The molecule has 2 rings (SSSR count). The molecular formula is C11H10F2N2O. The van der Waals surface area contributed by atoms with E-state index in [0.717, 1.165) is 25.0 Å². The van der Waals surface area contributed by atoms with E-state index < -0.39 is 17.2 Å². The Morgan fingerprint density at radius 2 is 1.94 bits per heavy atom. The molecule has 3 nitrogen and oxygen atoms in total. The zero-order valence-electron chi connectivity index (χ0n) is 8.46. The fourth-order valence-electron chi connectivity index (χ4n) is 1.27. The Morgan fingerprint density at radius 3 is 2.38 bits per heavy atom. The SMILES string of the molecule is N#Cc1c(F)cc(OCC2(N)CC2)cc1F. The van der Waals surface area contributed by atoms with Gasteiger partial charge in [-0.3, -0.25) is 0 Å². The van der Waals surface area contributed by atoms with Crippen LogP contribution in [0.1, 0.15) is 18.4 Å². The van der Waals surface area contributed by atoms with Gasteiger partial charge in [-0.05, 0) is 12.8 Å². The van der Waals surface area contributed by atoms with Crippen molar-refractivity contribution in [1.29, 1.82) is 5.26 Å². The Kier molecular flexibility index (Phi) is 2.52. The summed E-state index contributed by atoms with van der Waals surface area (Å²) in [4.78, 5) is 0. The smallest absolute Gasteiger partial charge is 0.147 e. The maximum absolute atomic E-state index is 13.2. The Balaban J connectivity index is 2.14. The molecule has 2 N–H and O–H groups in total. The minimum Gasteiger partial charge on any atom is -0.491 e. The van der Waals surface area contributed by atoms with Gasteiger partial charge in [0.2, 0.25) is 0 Å². The van der Waals surface area contributed by atoms with Gasteiger partial charge in [-0.25, -0.2) is 8.78 Å². The minimum atomic E-state index is -0.917. The van der Waals surface area contributed by atoms with Crippen molar-refractivity contribution >= 4 is 0 Å². The van der Waals surface area contributed by atoms with E-state index in [1.807, 2.05) is 0 Å². The van der Waals surface area contributed by atoms with E-state index in [4.69, 9.17) is 15.7 Å². The Hall–Kier alpha value is -1.67. The molecule has 0 bridgehead atoms. The fourth-order valence-corrected chi connectivity index (χ4v) is 1.27. The summed E-state index contributed by atoms with van der Waals surface area (Å²) in [6, 6.07) is 3.43. The number of nitriles is 1. The average molecular weight is 224 g/mol. The maximum atomic E-state index is 13.2. The van der Waals surface area contributed by atoms with Crippen LogP contribution in [0.25, 0.3) is 0 Å². The summed E-state index contributed by atoms with van der Waals surface area (Å²) in [5, 5.41) is 8.47. The first-order valence-electron chi connectivity index (χ1n) is 4.85. The summed E-state index contributed by atoms with van der Waals surface area (Å²) in [7, 11) is 0. The molecule has 0 atom stereocenters. The van der Waals surface area contributed by atoms with E-state index in [1.54, 1.807) is 0 Å². The second-order valence-corrected chi connectivity index (χ2v) is 4.02. The van der Waals surface area contributed by atoms with E-state index >= 15 is 0 Å². The minimum absolute atomic E-state index is 0.0609. The van der Waals surface area contributed by atoms with Gasteiger partial charge in [-0.2, -0.15) is 5.26 Å². The third-order valence-corrected chi connectivity index (χ3v) is 2.55. The number of benzene rings is 1. The Bertz CT molecular complexity index is 441. The molecule has 1 fully saturated rings. The van der Waals surface area contributed by atoms with E-state index in [-0.39, 0.29) is 17.9 Å². The van der Waals surface area contributed by atoms with Gasteiger partial charge in [0.1, 0.15) is 35.6 Å². The summed E-state index contributed by atoms with van der Waals surface area (Å²) in [5.74, 6) is -1.77. The molecule has 0 spiro atoms. The zero-order chi connectivity index (χ0) is 11.8. The maximum Gasteiger partial charge on any atom is 0.147 e. The number of ether oxygens (including phenoxy) is 1. The Labute approximate surface area is 91.4 Å². The largest absolute Gasteiger partial charge is 0.491 e. The number of nitrogens with two attached hydrogens (primary N) is 1. The van der Waals surface area contributed by atoms with Gasteiger partial charge in [0.15, 0.2) is 0 Å². The molecule has 1 saturated carbocycles. The number of rotatable bonds is 3. The summed E-state index contributed by atoms with van der Waals surface area (Å²) < 4.78 is 31.5. The van der Waals surface area contributed by atoms with Crippen molar-refractivity contribution in [3.05, 3.63) is 29.3 Å². The molecule has 0 aliphatic heterocycles. The van der Waals surface area contributed by atoms with Gasteiger partial charge < -0.3 is 10.5 Å². The Morgan fingerprint density at radius 1 is 1.38 bits per heavy atom. The highest BCUT2D eigenvalue weighted by atomic mass is 19.1. The normalized spacial score (nSPS) is 16.6. The average Bonchev–Trinajstić information content (AvgIpc) is 2.94. The van der Waals surface area contributed by atoms with Crippen molar-refractivity contribution in [2.75, 3.05) is 6.61 Å². The van der Waals surface area contributed by atoms with Crippen LogP contribution in [0.2, 0.25) is 0 Å². The van der Waals surface area contributed by atoms with Gasteiger partial charge in [-0.1, -0.05) is 0 Å². The summed E-state index contributed by atoms with van der Waals surface area (Å²) in [6.45, 7) is 0.234. The monoisotopic (exact) mass is 224 g/mol. The third kappa shape index (κ3) is 2.12. The molecule has 0 heterocycles. The lowest BCUT2D eigenvalue weighted by Crippen LogP contribution is -2.29. The first-order chi connectivity index (χ1) is 7.54. The quantitative estimate of drug-likeness (QED) is 0.850. The lowest BCUT2D eigenvalue weighted by atomic mass is 10.2. The van der Waals surface area contributed by atoms with Crippen molar-refractivity contribution in [2.24, 2.45) is 5.73 Å². The predicted octanol–water partition coefficient (Wildman–Crippen LogP) is 1.71. The van der Waals surface area contributed by atoms with Crippen LogP contribution in [0.3, 0.4) is 0 Å². The summed E-state index contributed by atoms with van der Waals surface area (Å²) >= 11 is 0. The van der Waals surface area contributed by atoms with Crippen LogP contribution in [0.5, 0.6) is 5.75 Å². The lowest BCUT2D eigenvalue weighted by Gasteiger charge is -2.11. The molecule has 5 heteroatoms. The fraction of sp³-hybridized carbons (Fsp3) is 0.364. The van der Waals surface area contributed by atoms with Crippen LogP contribution in [0.15, 0.2) is 12.1 Å². The molecule has 1 aliphatic rings. The molecule has 0 radical (unpaired) electrons. The molecule has 1 aliphatic carbocycles. The van der Waals surface area contributed by atoms with Crippen LogP contribution in [-0.4, -0.2) is 12.1 Å². The van der Waals surface area contributed by atoms with E-state index in [2.05, 4.69) is 0 Å². The van der Waals surface area contributed by atoms with E-state index in [0.29, 0.717) is 0 Å². The van der Waals surface area contributed by atoms with Crippen LogP contribution in [0, 0.1) is 23.0 Å². The molecule has 0 saturated heterocycles. The van der Waals surface area contributed by atoms with Crippen LogP contribution >= 0.6 is 0 Å². The standard InChI is InChI=1S/C11H10F2N2O/c12-9-3-7(4-10(13)8(9)5-14)16-6-11(15)1-2-11/h3-4H,1-2,6,15H2. The highest BCUT2D eigenvalue weighted by molar-refractivity contribution is 5.37. The van der Waals surface area contributed by atoms with E-state index in [9.17, 15) is 8.78 Å². The predicted molar refractivity (Wildman–Crippen MR) is 52.7 cm³/mol.